The van der Waals surface area contributed by atoms with Crippen LogP contribution in [0.15, 0.2) is 49.1 Å². The highest BCUT2D eigenvalue weighted by Crippen LogP contribution is 2.00. The fraction of sp³-hybridized carbons (Fsp3) is 0.143. The molecular formula is C14H15N3O9. The van der Waals surface area contributed by atoms with E-state index in [-0.39, 0.29) is 24.6 Å². The first-order chi connectivity index (χ1) is 12.1. The number of carbonyl (C=O) groups is 2. The lowest BCUT2D eigenvalue weighted by molar-refractivity contribution is -0.691. The van der Waals surface area contributed by atoms with Crippen LogP contribution in [0.1, 0.15) is 0 Å². The summed E-state index contributed by atoms with van der Waals surface area (Å²) < 4.78 is 2.71. The number of aromatic hydroxyl groups is 2. The van der Waals surface area contributed by atoms with Crippen molar-refractivity contribution in [3.05, 3.63) is 64.4 Å². The van der Waals surface area contributed by atoms with Crippen molar-refractivity contribution in [1.82, 2.24) is 0 Å². The number of carboxylic acid groups (broad SMARTS) is 2. The maximum atomic E-state index is 10.2. The summed E-state index contributed by atoms with van der Waals surface area (Å²) in [5, 5.41) is 51.0. The van der Waals surface area contributed by atoms with Gasteiger partial charge in [-0.25, -0.2) is 4.79 Å². The molecular weight excluding hydrogens is 354 g/mol. The summed E-state index contributed by atoms with van der Waals surface area (Å²) in [7, 11) is 0. The van der Waals surface area contributed by atoms with E-state index in [1.165, 1.54) is 39.9 Å². The lowest BCUT2D eigenvalue weighted by Gasteiger charge is -1.96. The van der Waals surface area contributed by atoms with Crippen molar-refractivity contribution >= 4 is 11.9 Å². The zero-order chi connectivity index (χ0) is 20.1. The second kappa shape index (κ2) is 11.6. The third-order valence-electron chi connectivity index (χ3n) is 2.31. The molecule has 12 nitrogen and oxygen atoms in total. The summed E-state index contributed by atoms with van der Waals surface area (Å²) in [4.78, 5) is 28.5. The third-order valence-corrected chi connectivity index (χ3v) is 2.31. The first kappa shape index (κ1) is 22.0. The maximum Gasteiger partial charge on any atom is 0.370 e. The third kappa shape index (κ3) is 12.6. The molecule has 2 rings (SSSR count). The summed E-state index contributed by atoms with van der Waals surface area (Å²) >= 11 is 0. The number of carboxylic acids is 2. The molecule has 2 aromatic rings. The molecule has 0 spiro atoms. The molecule has 0 radical (unpaired) electrons. The van der Waals surface area contributed by atoms with Crippen molar-refractivity contribution in [3.8, 4) is 11.5 Å². The summed E-state index contributed by atoms with van der Waals surface area (Å²) in [5.41, 5.74) is 0. The molecule has 0 aromatic carbocycles. The Bertz CT molecular complexity index is 690. The Morgan fingerprint density at radius 3 is 1.65 bits per heavy atom. The molecule has 0 amide bonds. The quantitative estimate of drug-likeness (QED) is 0.309. The normalized spacial score (nSPS) is 8.92. The van der Waals surface area contributed by atoms with Gasteiger partial charge in [0.05, 0.1) is 5.09 Å². The average molecular weight is 369 g/mol. The topological polar surface area (TPSA) is 192 Å². The first-order valence-corrected chi connectivity index (χ1v) is 6.69. The summed E-state index contributed by atoms with van der Waals surface area (Å²) in [6.07, 6.45) is 5.78. The van der Waals surface area contributed by atoms with Gasteiger partial charge in [0.2, 0.25) is 18.9 Å². The van der Waals surface area contributed by atoms with Gasteiger partial charge in [0, 0.05) is 12.1 Å². The number of nitrogens with zero attached hydrogens (tertiary/aromatic N) is 3. The predicted molar refractivity (Wildman–Crippen MR) is 79.6 cm³/mol. The van der Waals surface area contributed by atoms with Crippen LogP contribution in [-0.2, 0) is 22.7 Å². The van der Waals surface area contributed by atoms with Gasteiger partial charge in [0.15, 0.2) is 30.4 Å². The van der Waals surface area contributed by atoms with Crippen molar-refractivity contribution in [3.63, 3.8) is 0 Å². The predicted octanol–water partition coefficient (Wildman–Crippen LogP) is -2.05. The van der Waals surface area contributed by atoms with E-state index in [0.29, 0.717) is 0 Å². The second-order valence-corrected chi connectivity index (χ2v) is 4.46. The Morgan fingerprint density at radius 1 is 0.962 bits per heavy atom. The average Bonchev–Trinajstić information content (AvgIpc) is 2.45. The smallest absolute Gasteiger partial charge is 0.370 e. The molecule has 0 aliphatic rings. The van der Waals surface area contributed by atoms with Gasteiger partial charge in [-0.1, -0.05) is 0 Å². The standard InChI is InChI=1S/2C7H7NO3.NO3/c2*9-6-2-1-3-8(4-6)5-7(10)11;2-1(3)4/h2*1-4H,5H2,(H-,9,10,11);/q;;-1/p+1. The fourth-order valence-electron chi connectivity index (χ4n) is 1.52. The summed E-state index contributed by atoms with van der Waals surface area (Å²) in [6.45, 7) is -0.372. The SMILES string of the molecule is O=C(O)C[n+]1cccc(O)c1.O=C([O-])C[n+]1cccc(O)c1.O=[N+]([O-])[O-]. The van der Waals surface area contributed by atoms with Crippen LogP contribution in [0.25, 0.3) is 0 Å². The van der Waals surface area contributed by atoms with Gasteiger partial charge in [0.25, 0.3) is 0 Å². The van der Waals surface area contributed by atoms with E-state index in [9.17, 15) is 14.7 Å². The minimum absolute atomic E-state index is 0.0359. The van der Waals surface area contributed by atoms with Gasteiger partial charge in [0.1, 0.15) is 5.97 Å². The van der Waals surface area contributed by atoms with Crippen molar-refractivity contribution in [2.75, 3.05) is 0 Å². The zero-order valence-electron chi connectivity index (χ0n) is 13.2. The molecule has 2 aromatic heterocycles. The molecule has 0 unspecified atom stereocenters. The lowest BCUT2D eigenvalue weighted by Crippen LogP contribution is -2.43. The number of carbonyl (C=O) groups excluding carboxylic acids is 1. The fourth-order valence-corrected chi connectivity index (χ4v) is 1.52. The van der Waals surface area contributed by atoms with E-state index >= 15 is 0 Å². The highest BCUT2D eigenvalue weighted by atomic mass is 16.9. The van der Waals surface area contributed by atoms with Crippen LogP contribution >= 0.6 is 0 Å². The van der Waals surface area contributed by atoms with E-state index in [1.54, 1.807) is 18.3 Å². The summed E-state index contributed by atoms with van der Waals surface area (Å²) in [5.74, 6) is -2.01. The van der Waals surface area contributed by atoms with Crippen LogP contribution in [0.5, 0.6) is 11.5 Å². The second-order valence-electron chi connectivity index (χ2n) is 4.46. The Labute approximate surface area is 146 Å². The van der Waals surface area contributed by atoms with Crippen LogP contribution in [0, 0.1) is 15.3 Å². The number of aliphatic carboxylic acids is 2. The van der Waals surface area contributed by atoms with Gasteiger partial charge in [-0.2, -0.15) is 9.13 Å². The molecule has 26 heavy (non-hydrogen) atoms. The molecule has 0 saturated heterocycles. The van der Waals surface area contributed by atoms with E-state index < -0.39 is 17.0 Å². The van der Waals surface area contributed by atoms with Crippen molar-refractivity contribution in [2.45, 2.75) is 13.1 Å². The molecule has 0 fully saturated rings. The monoisotopic (exact) mass is 369 g/mol. The largest absolute Gasteiger partial charge is 0.544 e. The van der Waals surface area contributed by atoms with Crippen LogP contribution in [0.3, 0.4) is 0 Å². The molecule has 0 aliphatic heterocycles. The lowest BCUT2D eigenvalue weighted by atomic mass is 10.4. The minimum atomic E-state index is -1.75. The van der Waals surface area contributed by atoms with Gasteiger partial charge in [-0.15, -0.1) is 0 Å². The van der Waals surface area contributed by atoms with Crippen LogP contribution in [0.4, 0.5) is 0 Å². The number of pyridine rings is 2. The number of rotatable bonds is 4. The Hall–Kier alpha value is -3.96. The molecule has 0 atom stereocenters. The highest BCUT2D eigenvalue weighted by Gasteiger charge is 2.06. The van der Waals surface area contributed by atoms with E-state index in [2.05, 4.69) is 0 Å². The number of hydrogen-bond donors (Lipinski definition) is 3. The van der Waals surface area contributed by atoms with E-state index in [0.717, 1.165) is 0 Å². The van der Waals surface area contributed by atoms with Crippen LogP contribution in [0.2, 0.25) is 0 Å². The maximum absolute atomic E-state index is 10.2. The van der Waals surface area contributed by atoms with Crippen molar-refractivity contribution < 1.29 is 44.2 Å². The molecule has 140 valence electrons. The van der Waals surface area contributed by atoms with Gasteiger partial charge in [-0.05, 0) is 12.1 Å². The Morgan fingerprint density at radius 2 is 1.35 bits per heavy atom. The van der Waals surface area contributed by atoms with Crippen molar-refractivity contribution in [2.24, 2.45) is 0 Å². The van der Waals surface area contributed by atoms with Gasteiger partial charge in [-0.3, -0.25) is 0 Å². The van der Waals surface area contributed by atoms with Gasteiger partial charge < -0.3 is 40.5 Å². The molecule has 0 bridgehead atoms. The Balaban J connectivity index is 0.000000401. The highest BCUT2D eigenvalue weighted by molar-refractivity contribution is 5.64. The molecule has 3 N–H and O–H groups in total. The van der Waals surface area contributed by atoms with E-state index in [1.807, 2.05) is 0 Å². The molecule has 12 heteroatoms. The minimum Gasteiger partial charge on any atom is -0.544 e. The number of hydrogen-bond acceptors (Lipinski definition) is 8. The Kier molecular flexibility index (Phi) is 9.80. The van der Waals surface area contributed by atoms with Crippen LogP contribution < -0.4 is 14.2 Å². The zero-order valence-corrected chi connectivity index (χ0v) is 13.2. The number of aromatic nitrogens is 2. The first-order valence-electron chi connectivity index (χ1n) is 6.69. The molecule has 0 aliphatic carbocycles. The van der Waals surface area contributed by atoms with Crippen LogP contribution in [-0.4, -0.2) is 32.3 Å². The van der Waals surface area contributed by atoms with Crippen molar-refractivity contribution in [1.29, 1.82) is 0 Å². The molecule has 2 heterocycles. The van der Waals surface area contributed by atoms with E-state index in [4.69, 9.17) is 30.6 Å². The summed E-state index contributed by atoms with van der Waals surface area (Å²) in [6, 6.07) is 6.08. The van der Waals surface area contributed by atoms with Gasteiger partial charge >= 0.3 is 5.97 Å². The molecule has 0 saturated carbocycles.